The first-order valence-electron chi connectivity index (χ1n) is 13.5. The van der Waals surface area contributed by atoms with E-state index in [0.717, 1.165) is 6.42 Å². The van der Waals surface area contributed by atoms with Crippen molar-refractivity contribution in [2.75, 3.05) is 33.9 Å². The summed E-state index contributed by atoms with van der Waals surface area (Å²) in [5.74, 6) is -0.0173. The Morgan fingerprint density at radius 1 is 1.18 bits per heavy atom. The predicted octanol–water partition coefficient (Wildman–Crippen LogP) is 4.42. The third kappa shape index (κ3) is 6.14. The van der Waals surface area contributed by atoms with Crippen molar-refractivity contribution in [3.63, 3.8) is 0 Å². The Balaban J connectivity index is 1.67. The molecule has 3 aliphatic heterocycles. The predicted molar refractivity (Wildman–Crippen MR) is 152 cm³/mol. The number of amidine groups is 1. The van der Waals surface area contributed by atoms with Gasteiger partial charge in [-0.05, 0) is 58.1 Å². The fourth-order valence-electron chi connectivity index (χ4n) is 5.17. The summed E-state index contributed by atoms with van der Waals surface area (Å²) in [6.45, 7) is 8.39. The molecule has 10 nitrogen and oxygen atoms in total. The van der Waals surface area contributed by atoms with Crippen molar-refractivity contribution >= 4 is 34.8 Å². The molecule has 1 aromatic carbocycles. The van der Waals surface area contributed by atoms with Gasteiger partial charge >= 0.3 is 11.9 Å². The second-order valence-corrected chi connectivity index (χ2v) is 10.9. The second kappa shape index (κ2) is 12.8. The molecule has 1 saturated heterocycles. The highest BCUT2D eigenvalue weighted by molar-refractivity contribution is 8.16. The van der Waals surface area contributed by atoms with Crippen molar-refractivity contribution in [2.45, 2.75) is 59.1 Å². The number of thioether (sulfide) groups is 1. The van der Waals surface area contributed by atoms with Crippen LogP contribution in [0.4, 0.5) is 0 Å². The first-order chi connectivity index (χ1) is 19.2. The van der Waals surface area contributed by atoms with Crippen molar-refractivity contribution in [3.8, 4) is 11.5 Å². The van der Waals surface area contributed by atoms with E-state index in [1.165, 1.54) is 11.8 Å². The van der Waals surface area contributed by atoms with Gasteiger partial charge in [0.25, 0.3) is 0 Å². The number of aliphatic imine (C=N–C) groups is 1. The molecule has 0 spiro atoms. The fourth-order valence-corrected chi connectivity index (χ4v) is 6.13. The molecule has 40 heavy (non-hydrogen) atoms. The molecular formula is C29H37N3O7S. The average molecular weight is 572 g/mol. The quantitative estimate of drug-likeness (QED) is 0.398. The van der Waals surface area contributed by atoms with Crippen molar-refractivity contribution in [2.24, 2.45) is 10.9 Å². The summed E-state index contributed by atoms with van der Waals surface area (Å²) in [4.78, 5) is 47.7. The van der Waals surface area contributed by atoms with Gasteiger partial charge in [0, 0.05) is 30.4 Å². The molecule has 2 atom stereocenters. The molecule has 0 aliphatic carbocycles. The normalized spacial score (nSPS) is 20.6. The van der Waals surface area contributed by atoms with Crippen LogP contribution in [0.2, 0.25) is 0 Å². The van der Waals surface area contributed by atoms with Gasteiger partial charge in [-0.1, -0.05) is 11.8 Å². The number of hydrogen-bond donors (Lipinski definition) is 0. The van der Waals surface area contributed by atoms with Crippen LogP contribution >= 0.6 is 11.8 Å². The Labute approximate surface area is 239 Å². The molecule has 3 aliphatic rings. The zero-order chi connectivity index (χ0) is 29.0. The number of nitrogens with zero attached hydrogens (tertiary/aromatic N) is 3. The van der Waals surface area contributed by atoms with Crippen LogP contribution in [0.1, 0.15) is 58.6 Å². The Morgan fingerprint density at radius 2 is 1.95 bits per heavy atom. The number of amides is 1. The summed E-state index contributed by atoms with van der Waals surface area (Å²) in [5.41, 5.74) is 2.34. The number of allylic oxidation sites excluding steroid dienone is 1. The Hall–Kier alpha value is -3.47. The number of esters is 2. The second-order valence-electron chi connectivity index (χ2n) is 10.1. The number of fused-ring (bicyclic) bond motifs is 1. The topological polar surface area (TPSA) is 107 Å². The number of carbonyl (C=O) groups is 3. The molecule has 1 aromatic rings. The Bertz CT molecular complexity index is 1260. The van der Waals surface area contributed by atoms with E-state index < -0.39 is 12.0 Å². The number of ether oxygens (including phenoxy) is 4. The molecule has 0 radical (unpaired) electrons. The van der Waals surface area contributed by atoms with E-state index in [9.17, 15) is 14.4 Å². The highest BCUT2D eigenvalue weighted by Gasteiger charge is 2.43. The van der Waals surface area contributed by atoms with E-state index >= 15 is 0 Å². The van der Waals surface area contributed by atoms with Crippen molar-refractivity contribution in [1.82, 2.24) is 9.80 Å². The molecular weight excluding hydrogens is 534 g/mol. The van der Waals surface area contributed by atoms with Crippen LogP contribution in [0.15, 0.2) is 45.6 Å². The molecule has 0 aromatic heterocycles. The van der Waals surface area contributed by atoms with Gasteiger partial charge in [-0.3, -0.25) is 9.59 Å². The SMILES string of the molecule is CCOC(=O)[C@@H]1CCCN(C(=O)CC2=CSC3=NC(C)=C(C(=O)OC(C)C)[C@@H](c4ccc(OC)cc4OC)N23)C1. The van der Waals surface area contributed by atoms with Crippen LogP contribution in [0.25, 0.3) is 0 Å². The van der Waals surface area contributed by atoms with Gasteiger partial charge in [-0.2, -0.15) is 0 Å². The molecule has 216 valence electrons. The summed E-state index contributed by atoms with van der Waals surface area (Å²) >= 11 is 1.40. The van der Waals surface area contributed by atoms with Crippen LogP contribution in [0.3, 0.4) is 0 Å². The lowest BCUT2D eigenvalue weighted by molar-refractivity contribution is -0.151. The van der Waals surface area contributed by atoms with E-state index in [1.54, 1.807) is 52.9 Å². The maximum absolute atomic E-state index is 13.5. The summed E-state index contributed by atoms with van der Waals surface area (Å²) in [6, 6.07) is 4.80. The van der Waals surface area contributed by atoms with Gasteiger partial charge in [0.1, 0.15) is 11.5 Å². The molecule has 0 saturated carbocycles. The highest BCUT2D eigenvalue weighted by atomic mass is 32.2. The Kier molecular flexibility index (Phi) is 9.44. The zero-order valence-corrected chi connectivity index (χ0v) is 24.7. The molecule has 1 fully saturated rings. The zero-order valence-electron chi connectivity index (χ0n) is 23.9. The van der Waals surface area contributed by atoms with Gasteiger partial charge in [0.15, 0.2) is 5.17 Å². The van der Waals surface area contributed by atoms with Crippen LogP contribution in [0, 0.1) is 5.92 Å². The fraction of sp³-hybridized carbons (Fsp3) is 0.517. The molecule has 0 unspecified atom stereocenters. The molecule has 4 rings (SSSR count). The van der Waals surface area contributed by atoms with Crippen LogP contribution < -0.4 is 9.47 Å². The molecule has 11 heteroatoms. The smallest absolute Gasteiger partial charge is 0.338 e. The van der Waals surface area contributed by atoms with E-state index in [2.05, 4.69) is 0 Å². The standard InChI is InChI=1S/C29H37N3O7S/c1-7-38-27(34)19-9-8-12-31(15-19)24(33)13-20-16-40-29-30-18(4)25(28(35)39-17(2)3)26(32(20)29)22-11-10-21(36-5)14-23(22)37-6/h10-11,14,16-17,19,26H,7-9,12-13,15H2,1-6H3/t19-,26-/m1/s1. The van der Waals surface area contributed by atoms with Crippen LogP contribution in [-0.2, 0) is 23.9 Å². The van der Waals surface area contributed by atoms with E-state index in [-0.39, 0.29) is 30.3 Å². The maximum Gasteiger partial charge on any atom is 0.338 e. The van der Waals surface area contributed by atoms with Crippen LogP contribution in [0.5, 0.6) is 11.5 Å². The van der Waals surface area contributed by atoms with E-state index in [0.29, 0.717) is 65.3 Å². The maximum atomic E-state index is 13.5. The summed E-state index contributed by atoms with van der Waals surface area (Å²) in [6.07, 6.45) is 1.20. The van der Waals surface area contributed by atoms with Gasteiger partial charge in [-0.15, -0.1) is 0 Å². The van der Waals surface area contributed by atoms with Gasteiger partial charge in [0.2, 0.25) is 5.91 Å². The number of piperidine rings is 1. The number of likely N-dealkylation sites (tertiary alicyclic amines) is 1. The monoisotopic (exact) mass is 571 g/mol. The largest absolute Gasteiger partial charge is 0.497 e. The average Bonchev–Trinajstić information content (AvgIpc) is 3.33. The molecule has 1 amide bonds. The van der Waals surface area contributed by atoms with E-state index in [1.807, 2.05) is 22.4 Å². The van der Waals surface area contributed by atoms with Crippen molar-refractivity contribution in [1.29, 1.82) is 0 Å². The minimum atomic E-state index is -0.637. The third-order valence-corrected chi connectivity index (χ3v) is 7.91. The highest BCUT2D eigenvalue weighted by Crippen LogP contribution is 2.47. The molecule has 3 heterocycles. The number of hydrogen-bond acceptors (Lipinski definition) is 10. The van der Waals surface area contributed by atoms with Gasteiger partial charge < -0.3 is 28.7 Å². The summed E-state index contributed by atoms with van der Waals surface area (Å²) in [7, 11) is 3.14. The minimum absolute atomic E-state index is 0.0854. The number of benzene rings is 1. The number of methoxy groups -OCH3 is 2. The third-order valence-electron chi connectivity index (χ3n) is 7.02. The van der Waals surface area contributed by atoms with Crippen molar-refractivity contribution < 1.29 is 33.3 Å². The lowest BCUT2D eigenvalue weighted by Crippen LogP contribution is -2.44. The van der Waals surface area contributed by atoms with Crippen LogP contribution in [-0.4, -0.2) is 72.8 Å². The first kappa shape index (κ1) is 29.5. The number of rotatable bonds is 9. The summed E-state index contributed by atoms with van der Waals surface area (Å²) < 4.78 is 22.0. The lowest BCUT2D eigenvalue weighted by atomic mass is 9.92. The van der Waals surface area contributed by atoms with Gasteiger partial charge in [0.05, 0.1) is 56.6 Å². The molecule has 0 bridgehead atoms. The lowest BCUT2D eigenvalue weighted by Gasteiger charge is -2.38. The first-order valence-corrected chi connectivity index (χ1v) is 14.4. The van der Waals surface area contributed by atoms with Crippen molar-refractivity contribution in [3.05, 3.63) is 46.1 Å². The summed E-state index contributed by atoms with van der Waals surface area (Å²) in [5, 5.41) is 2.56. The Morgan fingerprint density at radius 3 is 2.62 bits per heavy atom. The van der Waals surface area contributed by atoms with Gasteiger partial charge in [-0.25, -0.2) is 9.79 Å². The minimum Gasteiger partial charge on any atom is -0.497 e. The van der Waals surface area contributed by atoms with E-state index in [4.69, 9.17) is 23.9 Å². The number of carbonyl (C=O) groups excluding carboxylic acids is 3. The molecule has 0 N–H and O–H groups in total.